The highest BCUT2D eigenvalue weighted by atomic mass is 16.7. The fourth-order valence-corrected chi connectivity index (χ4v) is 1.92. The minimum atomic E-state index is -0.702. The fraction of sp³-hybridized carbons (Fsp3) is 0.818. The Kier molecular flexibility index (Phi) is 3.99. The third-order valence-corrected chi connectivity index (χ3v) is 2.30. The number of aldehydes is 1. The maximum absolute atomic E-state index is 11.0. The molecule has 0 bridgehead atoms. The van der Waals surface area contributed by atoms with Gasteiger partial charge in [0.15, 0.2) is 5.79 Å². The van der Waals surface area contributed by atoms with Crippen molar-refractivity contribution in [2.45, 2.75) is 58.0 Å². The molecule has 15 heavy (non-hydrogen) atoms. The van der Waals surface area contributed by atoms with Gasteiger partial charge in [0, 0.05) is 19.3 Å². The van der Waals surface area contributed by atoms with Gasteiger partial charge in [-0.2, -0.15) is 0 Å². The molecule has 1 aliphatic heterocycles. The molecule has 0 N–H and O–H groups in total. The second-order valence-corrected chi connectivity index (χ2v) is 4.42. The Bertz CT molecular complexity index is 247. The van der Waals surface area contributed by atoms with Crippen molar-refractivity contribution in [1.29, 1.82) is 0 Å². The summed E-state index contributed by atoms with van der Waals surface area (Å²) in [5.41, 5.74) is 0. The lowest BCUT2D eigenvalue weighted by Crippen LogP contribution is -2.45. The topological polar surface area (TPSA) is 52.6 Å². The third kappa shape index (κ3) is 4.10. The molecule has 1 saturated heterocycles. The van der Waals surface area contributed by atoms with E-state index >= 15 is 0 Å². The average molecular weight is 214 g/mol. The van der Waals surface area contributed by atoms with Crippen LogP contribution in [0.2, 0.25) is 0 Å². The van der Waals surface area contributed by atoms with Crippen LogP contribution in [-0.2, 0) is 19.1 Å². The Morgan fingerprint density at radius 3 is 2.53 bits per heavy atom. The first-order valence-corrected chi connectivity index (χ1v) is 5.21. The molecule has 0 aromatic heterocycles. The van der Waals surface area contributed by atoms with E-state index in [4.69, 9.17) is 9.47 Å². The molecule has 1 aliphatic rings. The summed E-state index contributed by atoms with van der Waals surface area (Å²) >= 11 is 0. The Balaban J connectivity index is 2.59. The molecule has 0 spiro atoms. The smallest absolute Gasteiger partial charge is 0.163 e. The molecule has 0 aliphatic carbocycles. The van der Waals surface area contributed by atoms with Gasteiger partial charge in [0.2, 0.25) is 0 Å². The van der Waals surface area contributed by atoms with Crippen molar-refractivity contribution >= 4 is 12.1 Å². The number of carbonyl (C=O) groups excluding carboxylic acids is 2. The summed E-state index contributed by atoms with van der Waals surface area (Å²) in [5.74, 6) is -0.603. The molecule has 0 unspecified atom stereocenters. The van der Waals surface area contributed by atoms with Crippen LogP contribution >= 0.6 is 0 Å². The van der Waals surface area contributed by atoms with Gasteiger partial charge in [-0.05, 0) is 20.8 Å². The van der Waals surface area contributed by atoms with Gasteiger partial charge in [-0.1, -0.05) is 0 Å². The molecule has 86 valence electrons. The number of hydrogen-bond acceptors (Lipinski definition) is 4. The van der Waals surface area contributed by atoms with Crippen LogP contribution in [0.4, 0.5) is 0 Å². The summed E-state index contributed by atoms with van der Waals surface area (Å²) < 4.78 is 11.2. The minimum Gasteiger partial charge on any atom is -0.347 e. The SMILES string of the molecule is CC(=O)C[C@@H]1C[C@H](CC=O)OC(C)(C)O1. The maximum Gasteiger partial charge on any atom is 0.163 e. The van der Waals surface area contributed by atoms with E-state index in [1.165, 1.54) is 0 Å². The number of carbonyl (C=O) groups is 2. The Hall–Kier alpha value is -0.740. The molecule has 0 radical (unpaired) electrons. The number of ether oxygens (including phenoxy) is 2. The van der Waals surface area contributed by atoms with Crippen molar-refractivity contribution in [3.8, 4) is 0 Å². The fourth-order valence-electron chi connectivity index (χ4n) is 1.92. The van der Waals surface area contributed by atoms with E-state index in [0.717, 1.165) is 6.29 Å². The molecule has 4 nitrogen and oxygen atoms in total. The summed E-state index contributed by atoms with van der Waals surface area (Å²) in [5, 5.41) is 0. The molecular weight excluding hydrogens is 196 g/mol. The maximum atomic E-state index is 11.0. The van der Waals surface area contributed by atoms with Crippen LogP contribution in [0.3, 0.4) is 0 Å². The third-order valence-electron chi connectivity index (χ3n) is 2.30. The van der Waals surface area contributed by atoms with Gasteiger partial charge in [-0.25, -0.2) is 0 Å². The molecule has 2 atom stereocenters. The van der Waals surface area contributed by atoms with Gasteiger partial charge in [0.25, 0.3) is 0 Å². The van der Waals surface area contributed by atoms with Crippen molar-refractivity contribution in [1.82, 2.24) is 0 Å². The van der Waals surface area contributed by atoms with Gasteiger partial charge >= 0.3 is 0 Å². The lowest BCUT2D eigenvalue weighted by Gasteiger charge is -2.40. The second-order valence-electron chi connectivity index (χ2n) is 4.42. The summed E-state index contributed by atoms with van der Waals surface area (Å²) in [7, 11) is 0. The van der Waals surface area contributed by atoms with E-state index < -0.39 is 5.79 Å². The van der Waals surface area contributed by atoms with Crippen molar-refractivity contribution in [3.63, 3.8) is 0 Å². The van der Waals surface area contributed by atoms with Crippen LogP contribution in [-0.4, -0.2) is 30.1 Å². The molecule has 1 rings (SSSR count). The minimum absolute atomic E-state index is 0.0996. The van der Waals surface area contributed by atoms with E-state index in [1.54, 1.807) is 20.8 Å². The van der Waals surface area contributed by atoms with Gasteiger partial charge < -0.3 is 14.3 Å². The van der Waals surface area contributed by atoms with E-state index in [0.29, 0.717) is 19.3 Å². The molecule has 0 aromatic carbocycles. The molecule has 0 aromatic rings. The number of ketones is 1. The van der Waals surface area contributed by atoms with Crippen molar-refractivity contribution < 1.29 is 19.1 Å². The van der Waals surface area contributed by atoms with Crippen LogP contribution in [0, 0.1) is 0 Å². The first-order chi connectivity index (χ1) is 6.93. The van der Waals surface area contributed by atoms with E-state index in [9.17, 15) is 9.59 Å². The standard InChI is InChI=1S/C11H18O4/c1-8(13)6-10-7-9(4-5-12)14-11(2,3)15-10/h5,9-10H,4,6-7H2,1-3H3/t9-,10+/m0/s1. The Morgan fingerprint density at radius 2 is 2.00 bits per heavy atom. The monoisotopic (exact) mass is 214 g/mol. The summed E-state index contributed by atoms with van der Waals surface area (Å²) in [6, 6.07) is 0. The van der Waals surface area contributed by atoms with Crippen LogP contribution in [0.15, 0.2) is 0 Å². The number of hydrogen-bond donors (Lipinski definition) is 0. The quantitative estimate of drug-likeness (QED) is 0.665. The van der Waals surface area contributed by atoms with Gasteiger partial charge in [-0.15, -0.1) is 0 Å². The zero-order valence-corrected chi connectivity index (χ0v) is 9.49. The Labute approximate surface area is 89.9 Å². The first-order valence-electron chi connectivity index (χ1n) is 5.21. The molecule has 0 saturated carbocycles. The summed E-state index contributed by atoms with van der Waals surface area (Å²) in [6.07, 6.45) is 1.95. The zero-order valence-electron chi connectivity index (χ0n) is 9.49. The largest absolute Gasteiger partial charge is 0.347 e. The van der Waals surface area contributed by atoms with Crippen LogP contribution < -0.4 is 0 Å². The van der Waals surface area contributed by atoms with Crippen molar-refractivity contribution in [2.75, 3.05) is 0 Å². The predicted molar refractivity (Wildman–Crippen MR) is 54.4 cm³/mol. The van der Waals surface area contributed by atoms with Gasteiger partial charge in [-0.3, -0.25) is 4.79 Å². The van der Waals surface area contributed by atoms with Gasteiger partial charge in [0.05, 0.1) is 12.2 Å². The predicted octanol–water partition coefficient (Wildman–Crippen LogP) is 1.46. The summed E-state index contributed by atoms with van der Waals surface area (Å²) in [6.45, 7) is 5.15. The van der Waals surface area contributed by atoms with Crippen LogP contribution in [0.25, 0.3) is 0 Å². The zero-order chi connectivity index (χ0) is 11.5. The Morgan fingerprint density at radius 1 is 1.40 bits per heavy atom. The van der Waals surface area contributed by atoms with Crippen LogP contribution in [0.1, 0.15) is 40.0 Å². The van der Waals surface area contributed by atoms with Crippen molar-refractivity contribution in [2.24, 2.45) is 0 Å². The molecule has 0 amide bonds. The van der Waals surface area contributed by atoms with Gasteiger partial charge in [0.1, 0.15) is 12.1 Å². The molecule has 1 heterocycles. The number of Topliss-reactive ketones (excluding diaryl/α,β-unsaturated/α-hetero) is 1. The molecular formula is C11H18O4. The number of rotatable bonds is 4. The highest BCUT2D eigenvalue weighted by Gasteiger charge is 2.35. The lowest BCUT2D eigenvalue weighted by atomic mass is 10.0. The summed E-state index contributed by atoms with van der Waals surface area (Å²) in [4.78, 5) is 21.4. The highest BCUT2D eigenvalue weighted by Crippen LogP contribution is 2.29. The normalized spacial score (nSPS) is 29.8. The van der Waals surface area contributed by atoms with E-state index in [1.807, 2.05) is 0 Å². The van der Waals surface area contributed by atoms with E-state index in [2.05, 4.69) is 0 Å². The van der Waals surface area contributed by atoms with Crippen molar-refractivity contribution in [3.05, 3.63) is 0 Å². The average Bonchev–Trinajstić information content (AvgIpc) is 1.99. The lowest BCUT2D eigenvalue weighted by molar-refractivity contribution is -0.298. The van der Waals surface area contributed by atoms with Crippen LogP contribution in [0.5, 0.6) is 0 Å². The molecule has 4 heteroatoms. The highest BCUT2D eigenvalue weighted by molar-refractivity contribution is 5.76. The second kappa shape index (κ2) is 4.86. The van der Waals surface area contributed by atoms with E-state index in [-0.39, 0.29) is 18.0 Å². The first kappa shape index (κ1) is 12.3. The molecule has 1 fully saturated rings.